The van der Waals surface area contributed by atoms with Gasteiger partial charge in [0.25, 0.3) is 0 Å². The first-order chi connectivity index (χ1) is 8.75. The number of pyridine rings is 1. The van der Waals surface area contributed by atoms with Crippen LogP contribution in [0.3, 0.4) is 0 Å². The van der Waals surface area contributed by atoms with Gasteiger partial charge in [0.2, 0.25) is 0 Å². The van der Waals surface area contributed by atoms with Crippen LogP contribution >= 0.6 is 0 Å². The molecule has 3 rings (SSSR count). The van der Waals surface area contributed by atoms with Gasteiger partial charge in [-0.25, -0.2) is 0 Å². The zero-order chi connectivity index (χ0) is 12.5. The third-order valence-electron chi connectivity index (χ3n) is 3.84. The molecule has 0 spiro atoms. The number of fused-ring (bicyclic) bond motifs is 1. The average Bonchev–Trinajstić information content (AvgIpc) is 2.39. The number of benzene rings is 1. The predicted octanol–water partition coefficient (Wildman–Crippen LogP) is 3.05. The zero-order valence-electron chi connectivity index (χ0n) is 10.8. The summed E-state index contributed by atoms with van der Waals surface area (Å²) in [5.74, 6) is 0.756. The average molecular weight is 241 g/mol. The molecule has 3 heteroatoms. The monoisotopic (exact) mass is 241 g/mol. The zero-order valence-corrected chi connectivity index (χ0v) is 10.8. The van der Waals surface area contributed by atoms with Gasteiger partial charge in [0.05, 0.1) is 11.4 Å². The Kier molecular flexibility index (Phi) is 2.82. The molecule has 0 bridgehead atoms. The van der Waals surface area contributed by atoms with E-state index in [0.29, 0.717) is 0 Å². The number of rotatable bonds is 1. The summed E-state index contributed by atoms with van der Waals surface area (Å²) in [6.07, 6.45) is 6.26. The van der Waals surface area contributed by atoms with Gasteiger partial charge in [0.15, 0.2) is 0 Å². The lowest BCUT2D eigenvalue weighted by Gasteiger charge is -2.33. The predicted molar refractivity (Wildman–Crippen MR) is 76.8 cm³/mol. The van der Waals surface area contributed by atoms with Crippen LogP contribution in [0.2, 0.25) is 0 Å². The maximum Gasteiger partial charge on any atom is 0.0632 e. The van der Waals surface area contributed by atoms with Crippen molar-refractivity contribution in [3.8, 4) is 0 Å². The summed E-state index contributed by atoms with van der Waals surface area (Å²) in [5.41, 5.74) is 8.40. The number of anilines is 2. The first kappa shape index (κ1) is 11.3. The topological polar surface area (TPSA) is 42.2 Å². The van der Waals surface area contributed by atoms with Crippen molar-refractivity contribution >= 4 is 22.1 Å². The number of nitrogens with two attached hydrogens (primary N) is 1. The molecule has 0 amide bonds. The number of nitrogens with zero attached hydrogens (tertiary/aromatic N) is 2. The smallest absolute Gasteiger partial charge is 0.0632 e. The quantitative estimate of drug-likeness (QED) is 0.780. The number of nitrogen functional groups attached to an aromatic ring is 1. The van der Waals surface area contributed by atoms with Crippen molar-refractivity contribution in [1.82, 2.24) is 4.98 Å². The van der Waals surface area contributed by atoms with Gasteiger partial charge in [0.1, 0.15) is 0 Å². The summed E-state index contributed by atoms with van der Waals surface area (Å²) in [6, 6.07) is 6.26. The molecule has 0 radical (unpaired) electrons. The number of hydrogen-bond acceptors (Lipinski definition) is 3. The first-order valence-electron chi connectivity index (χ1n) is 6.63. The van der Waals surface area contributed by atoms with Crippen LogP contribution in [0.4, 0.5) is 11.4 Å². The molecule has 0 aliphatic carbocycles. The molecule has 3 nitrogen and oxygen atoms in total. The third-order valence-corrected chi connectivity index (χ3v) is 3.84. The normalized spacial score (nSPS) is 20.3. The van der Waals surface area contributed by atoms with E-state index in [1.165, 1.54) is 18.5 Å². The maximum atomic E-state index is 6.33. The molecular weight excluding hydrogens is 222 g/mol. The van der Waals surface area contributed by atoms with Crippen molar-refractivity contribution < 1.29 is 0 Å². The molecule has 1 fully saturated rings. The molecule has 2 N–H and O–H groups in total. The Bertz CT molecular complexity index is 565. The highest BCUT2D eigenvalue weighted by molar-refractivity contribution is 5.98. The van der Waals surface area contributed by atoms with Gasteiger partial charge in [0, 0.05) is 36.3 Å². The third kappa shape index (κ3) is 1.90. The lowest BCUT2D eigenvalue weighted by atomic mass is 9.99. The van der Waals surface area contributed by atoms with Gasteiger partial charge in [-0.2, -0.15) is 0 Å². The Morgan fingerprint density at radius 1 is 1.33 bits per heavy atom. The van der Waals surface area contributed by atoms with E-state index >= 15 is 0 Å². The number of aromatic nitrogens is 1. The van der Waals surface area contributed by atoms with Crippen molar-refractivity contribution in [2.75, 3.05) is 23.7 Å². The summed E-state index contributed by atoms with van der Waals surface area (Å²) in [7, 11) is 0. The maximum absolute atomic E-state index is 6.33. The molecule has 1 unspecified atom stereocenters. The molecule has 2 heterocycles. The van der Waals surface area contributed by atoms with Crippen molar-refractivity contribution in [1.29, 1.82) is 0 Å². The van der Waals surface area contributed by atoms with E-state index in [1.54, 1.807) is 6.20 Å². The summed E-state index contributed by atoms with van der Waals surface area (Å²) < 4.78 is 0. The second kappa shape index (κ2) is 4.48. The van der Waals surface area contributed by atoms with Crippen LogP contribution in [0.5, 0.6) is 0 Å². The van der Waals surface area contributed by atoms with Crippen LogP contribution in [0.1, 0.15) is 19.8 Å². The Labute approximate surface area is 108 Å². The molecule has 1 aliphatic heterocycles. The second-order valence-electron chi connectivity index (χ2n) is 5.29. The van der Waals surface area contributed by atoms with E-state index < -0.39 is 0 Å². The summed E-state index contributed by atoms with van der Waals surface area (Å²) in [4.78, 5) is 6.56. The molecule has 0 saturated carbocycles. The number of piperidine rings is 1. The SMILES string of the molecule is CC1CCCN(c2ccc3cnccc3c2N)C1. The highest BCUT2D eigenvalue weighted by atomic mass is 15.1. The highest BCUT2D eigenvalue weighted by Crippen LogP contribution is 2.33. The fourth-order valence-corrected chi connectivity index (χ4v) is 2.87. The van der Waals surface area contributed by atoms with E-state index in [4.69, 9.17) is 5.73 Å². The van der Waals surface area contributed by atoms with Crippen molar-refractivity contribution in [2.45, 2.75) is 19.8 Å². The molecule has 1 aromatic heterocycles. The Morgan fingerprint density at radius 2 is 2.22 bits per heavy atom. The van der Waals surface area contributed by atoms with Crippen molar-refractivity contribution in [3.63, 3.8) is 0 Å². The van der Waals surface area contributed by atoms with E-state index in [0.717, 1.165) is 35.5 Å². The summed E-state index contributed by atoms with van der Waals surface area (Å²) in [5, 5.41) is 2.23. The van der Waals surface area contributed by atoms with Gasteiger partial charge >= 0.3 is 0 Å². The lowest BCUT2D eigenvalue weighted by Crippen LogP contribution is -2.34. The summed E-state index contributed by atoms with van der Waals surface area (Å²) in [6.45, 7) is 4.54. The lowest BCUT2D eigenvalue weighted by molar-refractivity contribution is 0.447. The molecule has 94 valence electrons. The van der Waals surface area contributed by atoms with E-state index in [9.17, 15) is 0 Å². The molecular formula is C15H19N3. The van der Waals surface area contributed by atoms with Gasteiger partial charge in [-0.1, -0.05) is 13.0 Å². The van der Waals surface area contributed by atoms with Crippen LogP contribution in [0.15, 0.2) is 30.6 Å². The highest BCUT2D eigenvalue weighted by Gasteiger charge is 2.18. The Balaban J connectivity index is 2.04. The fraction of sp³-hybridized carbons (Fsp3) is 0.400. The Hall–Kier alpha value is -1.77. The van der Waals surface area contributed by atoms with Gasteiger partial charge in [-0.3, -0.25) is 4.98 Å². The molecule has 1 aromatic carbocycles. The standard InChI is InChI=1S/C15H19N3/c1-11-3-2-8-18(10-11)14-5-4-12-9-17-7-6-13(12)15(14)16/h4-7,9,11H,2-3,8,10,16H2,1H3. The van der Waals surface area contributed by atoms with Crippen molar-refractivity contribution in [3.05, 3.63) is 30.6 Å². The van der Waals surface area contributed by atoms with E-state index in [1.807, 2.05) is 12.3 Å². The second-order valence-corrected chi connectivity index (χ2v) is 5.29. The minimum atomic E-state index is 0.756. The minimum Gasteiger partial charge on any atom is -0.397 e. The largest absolute Gasteiger partial charge is 0.397 e. The first-order valence-corrected chi connectivity index (χ1v) is 6.63. The molecule has 18 heavy (non-hydrogen) atoms. The molecule has 1 atom stereocenters. The molecule has 1 saturated heterocycles. The fourth-order valence-electron chi connectivity index (χ4n) is 2.87. The molecule has 2 aromatic rings. The Morgan fingerprint density at radius 3 is 3.06 bits per heavy atom. The van der Waals surface area contributed by atoms with Crippen LogP contribution in [-0.2, 0) is 0 Å². The van der Waals surface area contributed by atoms with Gasteiger partial charge in [-0.15, -0.1) is 0 Å². The van der Waals surface area contributed by atoms with Gasteiger partial charge in [-0.05, 0) is 30.9 Å². The van der Waals surface area contributed by atoms with Crippen LogP contribution in [0, 0.1) is 5.92 Å². The van der Waals surface area contributed by atoms with Crippen LogP contribution in [0.25, 0.3) is 10.8 Å². The van der Waals surface area contributed by atoms with E-state index in [2.05, 4.69) is 28.9 Å². The summed E-state index contributed by atoms with van der Waals surface area (Å²) >= 11 is 0. The molecule has 1 aliphatic rings. The van der Waals surface area contributed by atoms with E-state index in [-0.39, 0.29) is 0 Å². The van der Waals surface area contributed by atoms with Crippen LogP contribution < -0.4 is 10.6 Å². The number of hydrogen-bond donors (Lipinski definition) is 1. The van der Waals surface area contributed by atoms with Crippen molar-refractivity contribution in [2.24, 2.45) is 5.92 Å². The van der Waals surface area contributed by atoms with Crippen LogP contribution in [-0.4, -0.2) is 18.1 Å². The van der Waals surface area contributed by atoms with Gasteiger partial charge < -0.3 is 10.6 Å². The minimum absolute atomic E-state index is 0.756.